The molecular formula is C17H23NO4. The molecule has 1 amide bonds. The van der Waals surface area contributed by atoms with Crippen molar-refractivity contribution in [2.24, 2.45) is 0 Å². The van der Waals surface area contributed by atoms with Crippen LogP contribution in [-0.2, 0) is 9.53 Å². The van der Waals surface area contributed by atoms with Crippen LogP contribution in [0, 0.1) is 6.92 Å². The van der Waals surface area contributed by atoms with Gasteiger partial charge in [0.05, 0.1) is 0 Å². The fourth-order valence-electron chi connectivity index (χ4n) is 2.67. The largest absolute Gasteiger partial charge is 0.507 e. The predicted octanol–water partition coefficient (Wildman–Crippen LogP) is 2.69. The Labute approximate surface area is 130 Å². The summed E-state index contributed by atoms with van der Waals surface area (Å²) in [5.41, 5.74) is 0.672. The highest BCUT2D eigenvalue weighted by molar-refractivity contribution is 5.94. The van der Waals surface area contributed by atoms with Gasteiger partial charge in [0.25, 0.3) is 5.91 Å². The number of esters is 1. The quantitative estimate of drug-likeness (QED) is 0.839. The Morgan fingerprint density at radius 3 is 2.64 bits per heavy atom. The molecule has 0 heterocycles. The number of phenols is 1. The maximum Gasteiger partial charge on any atom is 0.342 e. The molecule has 2 N–H and O–H groups in total. The van der Waals surface area contributed by atoms with Gasteiger partial charge < -0.3 is 15.2 Å². The molecule has 0 spiro atoms. The second kappa shape index (κ2) is 7.29. The molecule has 0 aromatic heterocycles. The zero-order chi connectivity index (χ0) is 16.1. The highest BCUT2D eigenvalue weighted by Gasteiger charge is 2.24. The highest BCUT2D eigenvalue weighted by atomic mass is 16.5. The lowest BCUT2D eigenvalue weighted by Crippen LogP contribution is -2.42. The van der Waals surface area contributed by atoms with Gasteiger partial charge in [0.15, 0.2) is 6.10 Å². The molecule has 120 valence electrons. The Kier molecular flexibility index (Phi) is 5.41. The first-order valence-electron chi connectivity index (χ1n) is 7.79. The number of phenolic OH excluding ortho intramolecular Hbond substituents is 1. The lowest BCUT2D eigenvalue weighted by atomic mass is 9.95. The van der Waals surface area contributed by atoms with Crippen molar-refractivity contribution in [3.63, 3.8) is 0 Å². The van der Waals surface area contributed by atoms with E-state index in [0.717, 1.165) is 25.7 Å². The summed E-state index contributed by atoms with van der Waals surface area (Å²) in [6.07, 6.45) is 4.53. The third-order valence-corrected chi connectivity index (χ3v) is 4.06. The molecule has 1 aromatic carbocycles. The maximum atomic E-state index is 12.1. The Bertz CT molecular complexity index is 550. The summed E-state index contributed by atoms with van der Waals surface area (Å²) < 4.78 is 5.16. The average Bonchev–Trinajstić information content (AvgIpc) is 2.50. The molecule has 1 atom stereocenters. The summed E-state index contributed by atoms with van der Waals surface area (Å²) in [5, 5.41) is 12.8. The Morgan fingerprint density at radius 1 is 1.27 bits per heavy atom. The molecule has 22 heavy (non-hydrogen) atoms. The van der Waals surface area contributed by atoms with Gasteiger partial charge in [-0.2, -0.15) is 0 Å². The van der Waals surface area contributed by atoms with Crippen molar-refractivity contribution < 1.29 is 19.4 Å². The normalized spacial score (nSPS) is 16.8. The number of benzene rings is 1. The number of hydrogen-bond acceptors (Lipinski definition) is 4. The minimum absolute atomic E-state index is 0.0808. The van der Waals surface area contributed by atoms with Crippen molar-refractivity contribution in [2.45, 2.75) is 58.1 Å². The molecule has 1 aliphatic rings. The monoisotopic (exact) mass is 305 g/mol. The van der Waals surface area contributed by atoms with Gasteiger partial charge in [0.1, 0.15) is 11.3 Å². The Hall–Kier alpha value is -2.04. The topological polar surface area (TPSA) is 75.6 Å². The fraction of sp³-hybridized carbons (Fsp3) is 0.529. The van der Waals surface area contributed by atoms with Crippen LogP contribution in [0.1, 0.15) is 54.9 Å². The molecule has 5 nitrogen and oxygen atoms in total. The summed E-state index contributed by atoms with van der Waals surface area (Å²) in [7, 11) is 0. The van der Waals surface area contributed by atoms with Gasteiger partial charge in [-0.1, -0.05) is 31.4 Å². The molecule has 1 aromatic rings. The van der Waals surface area contributed by atoms with E-state index >= 15 is 0 Å². The number of aromatic hydroxyl groups is 1. The van der Waals surface area contributed by atoms with Crippen LogP contribution in [0.3, 0.4) is 0 Å². The van der Waals surface area contributed by atoms with Crippen LogP contribution in [0.4, 0.5) is 0 Å². The van der Waals surface area contributed by atoms with Gasteiger partial charge in [-0.3, -0.25) is 4.79 Å². The van der Waals surface area contributed by atoms with Crippen molar-refractivity contribution in [3.8, 4) is 5.75 Å². The number of carbonyl (C=O) groups is 2. The zero-order valence-corrected chi connectivity index (χ0v) is 13.1. The lowest BCUT2D eigenvalue weighted by Gasteiger charge is -2.24. The number of para-hydroxylation sites is 1. The van der Waals surface area contributed by atoms with E-state index in [1.165, 1.54) is 12.5 Å². The molecule has 5 heteroatoms. The number of amides is 1. The number of aryl methyl sites for hydroxylation is 1. The zero-order valence-electron chi connectivity index (χ0n) is 13.1. The van der Waals surface area contributed by atoms with Crippen molar-refractivity contribution in [3.05, 3.63) is 29.3 Å². The van der Waals surface area contributed by atoms with E-state index in [1.54, 1.807) is 26.0 Å². The molecular weight excluding hydrogens is 282 g/mol. The number of nitrogens with one attached hydrogen (secondary N) is 1. The first-order chi connectivity index (χ1) is 10.5. The van der Waals surface area contributed by atoms with Crippen LogP contribution < -0.4 is 5.32 Å². The summed E-state index contributed by atoms with van der Waals surface area (Å²) >= 11 is 0. The van der Waals surface area contributed by atoms with E-state index in [4.69, 9.17) is 4.74 Å². The van der Waals surface area contributed by atoms with E-state index < -0.39 is 12.1 Å². The molecule has 1 saturated carbocycles. The second-order valence-electron chi connectivity index (χ2n) is 5.86. The van der Waals surface area contributed by atoms with Gasteiger partial charge in [0, 0.05) is 6.04 Å². The summed E-state index contributed by atoms with van der Waals surface area (Å²) in [6, 6.07) is 5.02. The molecule has 0 radical (unpaired) electrons. The predicted molar refractivity (Wildman–Crippen MR) is 82.7 cm³/mol. The van der Waals surface area contributed by atoms with Crippen molar-refractivity contribution in [1.29, 1.82) is 0 Å². The van der Waals surface area contributed by atoms with Gasteiger partial charge in [-0.25, -0.2) is 4.79 Å². The van der Waals surface area contributed by atoms with E-state index in [-0.39, 0.29) is 23.3 Å². The number of carbonyl (C=O) groups excluding carboxylic acids is 2. The van der Waals surface area contributed by atoms with Crippen LogP contribution in [0.2, 0.25) is 0 Å². The standard InChI is InChI=1S/C17H23NO4/c1-11-7-6-10-14(15(11)19)17(21)22-12(2)16(20)18-13-8-4-3-5-9-13/h6-7,10,12-13,19H,3-5,8-9H2,1-2H3,(H,18,20)/t12-/m0/s1. The Morgan fingerprint density at radius 2 is 1.95 bits per heavy atom. The third kappa shape index (κ3) is 4.00. The molecule has 1 aliphatic carbocycles. The van der Waals surface area contributed by atoms with Gasteiger partial charge in [0.2, 0.25) is 0 Å². The van der Waals surface area contributed by atoms with Crippen LogP contribution in [0.5, 0.6) is 5.75 Å². The fourth-order valence-corrected chi connectivity index (χ4v) is 2.67. The van der Waals surface area contributed by atoms with Crippen LogP contribution in [0.25, 0.3) is 0 Å². The van der Waals surface area contributed by atoms with Crippen molar-refractivity contribution in [1.82, 2.24) is 5.32 Å². The average molecular weight is 305 g/mol. The van der Waals surface area contributed by atoms with Gasteiger partial charge >= 0.3 is 5.97 Å². The number of ether oxygens (including phenoxy) is 1. The third-order valence-electron chi connectivity index (χ3n) is 4.06. The molecule has 0 aliphatic heterocycles. The minimum atomic E-state index is -0.880. The first kappa shape index (κ1) is 16.3. The Balaban J connectivity index is 1.92. The van der Waals surface area contributed by atoms with Crippen LogP contribution in [-0.4, -0.2) is 29.1 Å². The van der Waals surface area contributed by atoms with E-state index in [2.05, 4.69) is 5.32 Å². The molecule has 0 unspecified atom stereocenters. The minimum Gasteiger partial charge on any atom is -0.507 e. The van der Waals surface area contributed by atoms with E-state index in [9.17, 15) is 14.7 Å². The number of hydrogen-bond donors (Lipinski definition) is 2. The van der Waals surface area contributed by atoms with Gasteiger partial charge in [-0.05, 0) is 38.3 Å². The second-order valence-corrected chi connectivity index (χ2v) is 5.86. The maximum absolute atomic E-state index is 12.1. The molecule has 0 bridgehead atoms. The number of rotatable bonds is 4. The first-order valence-corrected chi connectivity index (χ1v) is 7.79. The highest BCUT2D eigenvalue weighted by Crippen LogP contribution is 2.22. The van der Waals surface area contributed by atoms with Crippen LogP contribution >= 0.6 is 0 Å². The molecule has 2 rings (SSSR count). The SMILES string of the molecule is Cc1cccc(C(=O)O[C@@H](C)C(=O)NC2CCCCC2)c1O. The summed E-state index contributed by atoms with van der Waals surface area (Å²) in [4.78, 5) is 24.1. The van der Waals surface area contributed by atoms with E-state index in [0.29, 0.717) is 5.56 Å². The van der Waals surface area contributed by atoms with Crippen molar-refractivity contribution in [2.75, 3.05) is 0 Å². The summed E-state index contributed by atoms with van der Waals surface area (Å²) in [6.45, 7) is 3.24. The van der Waals surface area contributed by atoms with E-state index in [1.807, 2.05) is 0 Å². The van der Waals surface area contributed by atoms with Crippen molar-refractivity contribution >= 4 is 11.9 Å². The smallest absolute Gasteiger partial charge is 0.342 e. The molecule has 0 saturated heterocycles. The van der Waals surface area contributed by atoms with Crippen LogP contribution in [0.15, 0.2) is 18.2 Å². The molecule has 1 fully saturated rings. The van der Waals surface area contributed by atoms with Gasteiger partial charge in [-0.15, -0.1) is 0 Å². The lowest BCUT2D eigenvalue weighted by molar-refractivity contribution is -0.130. The summed E-state index contributed by atoms with van der Waals surface area (Å²) in [5.74, 6) is -1.08.